The van der Waals surface area contributed by atoms with Gasteiger partial charge in [0.25, 0.3) is 5.56 Å². The molecule has 0 unspecified atom stereocenters. The summed E-state index contributed by atoms with van der Waals surface area (Å²) < 4.78 is 1.48. The van der Waals surface area contributed by atoms with Gasteiger partial charge in [-0.3, -0.25) is 9.20 Å². The van der Waals surface area contributed by atoms with Crippen molar-refractivity contribution in [2.24, 2.45) is 0 Å². The number of hydrogen-bond donors (Lipinski definition) is 1. The fraction of sp³-hybridized carbons (Fsp3) is 0.273. The first-order valence-electron chi connectivity index (χ1n) is 9.32. The van der Waals surface area contributed by atoms with E-state index in [4.69, 9.17) is 0 Å². The number of hydrogen-bond acceptors (Lipinski definition) is 4. The number of carboxylic acid groups (broad SMARTS) is 1. The fourth-order valence-corrected chi connectivity index (χ4v) is 4.23. The Hall–Kier alpha value is -1.44. The van der Waals surface area contributed by atoms with Gasteiger partial charge in [0, 0.05) is 18.4 Å². The molecule has 5 rings (SSSR count). The molecule has 2 aromatic heterocycles. The van der Waals surface area contributed by atoms with Gasteiger partial charge in [0.1, 0.15) is 0 Å². The van der Waals surface area contributed by atoms with Gasteiger partial charge in [-0.1, -0.05) is 6.07 Å². The molecule has 1 aliphatic carbocycles. The zero-order valence-electron chi connectivity index (χ0n) is 16.0. The van der Waals surface area contributed by atoms with Crippen LogP contribution in [0.1, 0.15) is 45.8 Å². The summed E-state index contributed by atoms with van der Waals surface area (Å²) in [5, 5.41) is 14.8. The van der Waals surface area contributed by atoms with Crippen molar-refractivity contribution < 1.29 is 61.3 Å². The Morgan fingerprint density at radius 2 is 2.00 bits per heavy atom. The number of aromatic carboxylic acids is 1. The first-order chi connectivity index (χ1) is 13.0. The van der Waals surface area contributed by atoms with Gasteiger partial charge in [0.15, 0.2) is 0 Å². The van der Waals surface area contributed by atoms with Crippen LogP contribution in [-0.2, 0) is 6.42 Å². The number of nitrogens with zero attached hydrogens (tertiary/aromatic N) is 1. The zero-order valence-corrected chi connectivity index (χ0v) is 19.2. The Kier molecular flexibility index (Phi) is 5.27. The molecule has 0 bridgehead atoms. The van der Waals surface area contributed by atoms with E-state index in [9.17, 15) is 14.7 Å². The smallest absolute Gasteiger partial charge is 0.545 e. The van der Waals surface area contributed by atoms with E-state index in [1.165, 1.54) is 21.7 Å². The van der Waals surface area contributed by atoms with Crippen LogP contribution >= 0.6 is 0 Å². The molecule has 2 aliphatic rings. The number of carbonyl (C=O) groups excluding carboxylic acids is 1. The van der Waals surface area contributed by atoms with Crippen molar-refractivity contribution in [3.63, 3.8) is 0 Å². The summed E-state index contributed by atoms with van der Waals surface area (Å²) in [7, 11) is 0. The van der Waals surface area contributed by atoms with E-state index >= 15 is 0 Å². The topological polar surface area (TPSA) is 73.6 Å². The Bertz CT molecular complexity index is 1180. The number of rotatable bonds is 3. The molecule has 3 aromatic rings. The molecule has 6 heteroatoms. The predicted molar refractivity (Wildman–Crippen MR) is 102 cm³/mol. The van der Waals surface area contributed by atoms with Gasteiger partial charge in [0.05, 0.1) is 17.0 Å². The molecule has 1 N–H and O–H groups in total. The van der Waals surface area contributed by atoms with Crippen LogP contribution in [0.25, 0.3) is 16.6 Å². The van der Waals surface area contributed by atoms with Gasteiger partial charge >= 0.3 is 51.4 Å². The molecular formula is C22H19KN2O3. The van der Waals surface area contributed by atoms with Crippen LogP contribution in [0.2, 0.25) is 0 Å². The van der Waals surface area contributed by atoms with Gasteiger partial charge in [-0.25, -0.2) is 0 Å². The van der Waals surface area contributed by atoms with Crippen LogP contribution in [0.5, 0.6) is 0 Å². The quantitative estimate of drug-likeness (QED) is 0.603. The van der Waals surface area contributed by atoms with Crippen molar-refractivity contribution in [2.45, 2.75) is 32.1 Å². The molecule has 3 heterocycles. The van der Waals surface area contributed by atoms with Crippen LogP contribution < -0.4 is 67.4 Å². The van der Waals surface area contributed by atoms with Crippen molar-refractivity contribution in [3.8, 4) is 11.1 Å². The first-order valence-corrected chi connectivity index (χ1v) is 9.32. The van der Waals surface area contributed by atoms with Crippen LogP contribution in [0.15, 0.2) is 41.3 Å². The summed E-state index contributed by atoms with van der Waals surface area (Å²) in [5.41, 5.74) is 6.69. The number of aromatic nitrogens is 1. The largest absolute Gasteiger partial charge is 1.00 e. The summed E-state index contributed by atoms with van der Waals surface area (Å²) in [6.07, 6.45) is 4.75. The van der Waals surface area contributed by atoms with E-state index in [2.05, 4.69) is 23.5 Å². The molecule has 136 valence electrons. The molecule has 1 aliphatic heterocycles. The third-order valence-electron chi connectivity index (χ3n) is 5.78. The number of carboxylic acids is 1. The molecule has 1 fully saturated rings. The minimum atomic E-state index is -1.41. The van der Waals surface area contributed by atoms with Gasteiger partial charge in [-0.15, -0.1) is 0 Å². The van der Waals surface area contributed by atoms with Gasteiger partial charge in [-0.2, -0.15) is 0 Å². The van der Waals surface area contributed by atoms with E-state index in [0.717, 1.165) is 53.6 Å². The summed E-state index contributed by atoms with van der Waals surface area (Å²) in [6, 6.07) is 9.85. The molecule has 0 spiro atoms. The Balaban J connectivity index is 0.00000192. The molecule has 0 amide bonds. The van der Waals surface area contributed by atoms with Gasteiger partial charge in [-0.05, 0) is 84.2 Å². The summed E-state index contributed by atoms with van der Waals surface area (Å²) in [6.45, 7) is 2.98. The molecule has 28 heavy (non-hydrogen) atoms. The number of pyridine rings is 2. The Morgan fingerprint density at radius 1 is 1.21 bits per heavy atom. The van der Waals surface area contributed by atoms with Crippen molar-refractivity contribution in [2.75, 3.05) is 11.9 Å². The van der Waals surface area contributed by atoms with E-state index in [0.29, 0.717) is 5.92 Å². The van der Waals surface area contributed by atoms with E-state index in [1.807, 2.05) is 13.0 Å². The summed E-state index contributed by atoms with van der Waals surface area (Å²) in [5.74, 6) is -1.10. The maximum atomic E-state index is 12.7. The monoisotopic (exact) mass is 398 g/mol. The van der Waals surface area contributed by atoms with Crippen molar-refractivity contribution >= 4 is 17.2 Å². The molecule has 1 aromatic carbocycles. The number of aryl methyl sites for hydroxylation is 1. The third kappa shape index (κ3) is 3.17. The Labute approximate surface area is 205 Å². The Morgan fingerprint density at radius 3 is 2.71 bits per heavy atom. The predicted octanol–water partition coefficient (Wildman–Crippen LogP) is -0.512. The third-order valence-corrected chi connectivity index (χ3v) is 5.78. The number of fused-ring (bicyclic) bond motifs is 2. The van der Waals surface area contributed by atoms with Crippen molar-refractivity contribution in [3.05, 3.63) is 69.1 Å². The van der Waals surface area contributed by atoms with E-state index < -0.39 is 11.5 Å². The summed E-state index contributed by atoms with van der Waals surface area (Å²) in [4.78, 5) is 24.1. The van der Waals surface area contributed by atoms with E-state index in [1.54, 1.807) is 6.20 Å². The maximum Gasteiger partial charge on any atom is 1.00 e. The molecule has 0 radical (unpaired) electrons. The normalized spacial score (nSPS) is 15.0. The number of anilines is 1. The molecule has 0 saturated heterocycles. The molecule has 5 nitrogen and oxygen atoms in total. The second-order valence-electron chi connectivity index (χ2n) is 7.50. The minimum Gasteiger partial charge on any atom is -0.545 e. The van der Waals surface area contributed by atoms with Crippen molar-refractivity contribution in [1.29, 1.82) is 0 Å². The number of nitrogens with one attached hydrogen (secondary N) is 1. The molecule has 1 saturated carbocycles. The van der Waals surface area contributed by atoms with Crippen molar-refractivity contribution in [1.82, 2.24) is 4.40 Å². The number of carbonyl (C=O) groups is 1. The second-order valence-corrected chi connectivity index (χ2v) is 7.50. The minimum absolute atomic E-state index is 0. The standard InChI is InChI=1S/C22H20N2O3.K/c1-12-16(14-4-5-19-15(10-14)6-8-23-19)7-9-24-20(12)17(13-2-3-13)11-18(21(24)25)22(26)27;/h4-5,7,9-11,13,23H,2-3,6,8H2,1H3,(H,26,27);/q;+1/p-1. The van der Waals surface area contributed by atoms with Crippen LogP contribution in [0.3, 0.4) is 0 Å². The fourth-order valence-electron chi connectivity index (χ4n) is 4.23. The maximum absolute atomic E-state index is 12.7. The average molecular weight is 399 g/mol. The van der Waals surface area contributed by atoms with E-state index in [-0.39, 0.29) is 56.9 Å². The molecule has 0 atom stereocenters. The second kappa shape index (κ2) is 7.43. The zero-order chi connectivity index (χ0) is 18.7. The summed E-state index contributed by atoms with van der Waals surface area (Å²) >= 11 is 0. The SMILES string of the molecule is Cc1c(-c2ccc3c(c2)CCN3)ccn2c(=O)c(C(=O)[O-])cc(C3CC3)c12.[K+]. The van der Waals surface area contributed by atoms with Crippen LogP contribution in [-0.4, -0.2) is 16.9 Å². The van der Waals surface area contributed by atoms with Gasteiger partial charge < -0.3 is 15.2 Å². The first kappa shape index (κ1) is 19.9. The van der Waals surface area contributed by atoms with Gasteiger partial charge in [0.2, 0.25) is 0 Å². The molecular weight excluding hydrogens is 379 g/mol. The number of benzene rings is 1. The average Bonchev–Trinajstić information content (AvgIpc) is 3.39. The van der Waals surface area contributed by atoms with Crippen LogP contribution in [0, 0.1) is 6.92 Å². The van der Waals surface area contributed by atoms with Crippen LogP contribution in [0.4, 0.5) is 5.69 Å².